The lowest BCUT2D eigenvalue weighted by atomic mass is 9.93. The summed E-state index contributed by atoms with van der Waals surface area (Å²) in [5.41, 5.74) is 1.63. The Hall–Kier alpha value is -2.61. The lowest BCUT2D eigenvalue weighted by molar-refractivity contribution is -0.126. The minimum absolute atomic E-state index is 0.00848. The quantitative estimate of drug-likeness (QED) is 0.650. The van der Waals surface area contributed by atoms with Crippen molar-refractivity contribution in [1.29, 1.82) is 0 Å². The molecule has 0 spiro atoms. The van der Waals surface area contributed by atoms with E-state index in [0.29, 0.717) is 36.2 Å². The largest absolute Gasteiger partial charge is 0.454 e. The van der Waals surface area contributed by atoms with Crippen molar-refractivity contribution < 1.29 is 14.3 Å². The summed E-state index contributed by atoms with van der Waals surface area (Å²) in [4.78, 5) is 20.0. The molecule has 0 aliphatic carbocycles. The smallest absolute Gasteiger partial charge is 0.224 e. The minimum atomic E-state index is -0.144. The zero-order valence-electron chi connectivity index (χ0n) is 18.4. The molecule has 1 saturated heterocycles. The molecule has 0 saturated carbocycles. The van der Waals surface area contributed by atoms with Gasteiger partial charge in [0.15, 0.2) is 5.75 Å². The highest BCUT2D eigenvalue weighted by Crippen LogP contribution is 2.39. The first-order valence-corrected chi connectivity index (χ1v) is 11.4. The fourth-order valence-corrected chi connectivity index (χ4v) is 4.40. The van der Waals surface area contributed by atoms with Crippen LogP contribution in [0, 0.1) is 5.92 Å². The molecule has 1 amide bonds. The van der Waals surface area contributed by atoms with Gasteiger partial charge >= 0.3 is 0 Å². The maximum Gasteiger partial charge on any atom is 0.224 e. The van der Waals surface area contributed by atoms with Gasteiger partial charge in [-0.1, -0.05) is 30.7 Å². The van der Waals surface area contributed by atoms with E-state index < -0.39 is 0 Å². The summed E-state index contributed by atoms with van der Waals surface area (Å²) in [5.74, 6) is 2.17. The second-order valence-electron chi connectivity index (χ2n) is 7.95. The van der Waals surface area contributed by atoms with E-state index in [0.717, 1.165) is 36.7 Å². The SMILES string of the molecule is CC[C@@H](C(=O)NCCOC)[C@H]1CN(C2=Nc3cc(Cl)ccc3Oc3ccccc32)CCN1. The van der Waals surface area contributed by atoms with Crippen molar-refractivity contribution in [3.8, 4) is 11.5 Å². The molecular formula is C24H29ClN4O3. The van der Waals surface area contributed by atoms with Crippen LogP contribution in [0.2, 0.25) is 5.02 Å². The Morgan fingerprint density at radius 1 is 1.34 bits per heavy atom. The molecule has 0 radical (unpaired) electrons. The Balaban J connectivity index is 1.62. The highest BCUT2D eigenvalue weighted by molar-refractivity contribution is 6.31. The van der Waals surface area contributed by atoms with Crippen LogP contribution in [0.4, 0.5) is 5.69 Å². The third-order valence-corrected chi connectivity index (χ3v) is 6.10. The molecule has 1 fully saturated rings. The number of rotatable bonds is 6. The number of amidine groups is 1. The number of nitrogens with one attached hydrogen (secondary N) is 2. The molecule has 170 valence electrons. The maximum atomic E-state index is 12.8. The Morgan fingerprint density at radius 2 is 2.19 bits per heavy atom. The van der Waals surface area contributed by atoms with Gasteiger partial charge in [-0.25, -0.2) is 4.99 Å². The highest BCUT2D eigenvalue weighted by Gasteiger charge is 2.33. The number of aliphatic imine (C=N–C) groups is 1. The molecule has 2 heterocycles. The third-order valence-electron chi connectivity index (χ3n) is 5.87. The van der Waals surface area contributed by atoms with Crippen LogP contribution in [0.5, 0.6) is 11.5 Å². The molecule has 2 aliphatic rings. The first-order valence-electron chi connectivity index (χ1n) is 11.0. The van der Waals surface area contributed by atoms with Gasteiger partial charge in [-0.05, 0) is 36.8 Å². The van der Waals surface area contributed by atoms with E-state index in [1.165, 1.54) is 0 Å². The molecule has 8 heteroatoms. The summed E-state index contributed by atoms with van der Waals surface area (Å²) in [6, 6.07) is 13.4. The summed E-state index contributed by atoms with van der Waals surface area (Å²) < 4.78 is 11.2. The van der Waals surface area contributed by atoms with E-state index in [9.17, 15) is 4.79 Å². The summed E-state index contributed by atoms with van der Waals surface area (Å²) >= 11 is 6.24. The monoisotopic (exact) mass is 456 g/mol. The van der Waals surface area contributed by atoms with Gasteiger partial charge in [0.25, 0.3) is 0 Å². The van der Waals surface area contributed by atoms with Crippen LogP contribution in [0.3, 0.4) is 0 Å². The normalized spacial score (nSPS) is 18.5. The van der Waals surface area contributed by atoms with Crippen LogP contribution < -0.4 is 15.4 Å². The zero-order valence-corrected chi connectivity index (χ0v) is 19.2. The number of nitrogens with zero attached hydrogens (tertiary/aromatic N) is 2. The van der Waals surface area contributed by atoms with Gasteiger partial charge in [0.2, 0.25) is 5.91 Å². The zero-order chi connectivity index (χ0) is 22.5. The van der Waals surface area contributed by atoms with Gasteiger partial charge in [0, 0.05) is 44.4 Å². The second-order valence-corrected chi connectivity index (χ2v) is 8.39. The van der Waals surface area contributed by atoms with Gasteiger partial charge in [0.1, 0.15) is 17.3 Å². The topological polar surface area (TPSA) is 75.2 Å². The van der Waals surface area contributed by atoms with Crippen molar-refractivity contribution >= 4 is 29.0 Å². The van der Waals surface area contributed by atoms with Crippen LogP contribution in [0.15, 0.2) is 47.5 Å². The lowest BCUT2D eigenvalue weighted by Gasteiger charge is -2.38. The molecule has 2 aromatic carbocycles. The Bertz CT molecular complexity index is 997. The number of carbonyl (C=O) groups is 1. The van der Waals surface area contributed by atoms with Gasteiger partial charge < -0.3 is 25.0 Å². The van der Waals surface area contributed by atoms with E-state index in [2.05, 4.69) is 15.5 Å². The van der Waals surface area contributed by atoms with Crippen LogP contribution >= 0.6 is 11.6 Å². The maximum absolute atomic E-state index is 12.8. The molecule has 2 atom stereocenters. The molecule has 0 bridgehead atoms. The van der Waals surface area contributed by atoms with E-state index >= 15 is 0 Å². The van der Waals surface area contributed by atoms with Crippen molar-refractivity contribution in [2.24, 2.45) is 10.9 Å². The number of ether oxygens (including phenoxy) is 2. The van der Waals surface area contributed by atoms with Crippen LogP contribution in [0.25, 0.3) is 0 Å². The molecule has 2 aromatic rings. The number of hydrogen-bond acceptors (Lipinski definition) is 6. The van der Waals surface area contributed by atoms with Crippen LogP contribution in [-0.2, 0) is 9.53 Å². The Kier molecular flexibility index (Phi) is 7.29. The van der Waals surface area contributed by atoms with Gasteiger partial charge in [-0.2, -0.15) is 0 Å². The van der Waals surface area contributed by atoms with E-state index in [-0.39, 0.29) is 17.9 Å². The molecule has 2 aliphatic heterocycles. The number of piperazine rings is 1. The molecule has 0 aromatic heterocycles. The van der Waals surface area contributed by atoms with Crippen molar-refractivity contribution in [2.45, 2.75) is 19.4 Å². The summed E-state index contributed by atoms with van der Waals surface area (Å²) in [6.07, 6.45) is 0.745. The first kappa shape index (κ1) is 22.6. The second kappa shape index (κ2) is 10.3. The number of carbonyl (C=O) groups excluding carboxylic acids is 1. The van der Waals surface area contributed by atoms with E-state index in [1.54, 1.807) is 13.2 Å². The Morgan fingerprint density at radius 3 is 3.00 bits per heavy atom. The molecule has 2 N–H and O–H groups in total. The molecule has 32 heavy (non-hydrogen) atoms. The fraction of sp³-hybridized carbons (Fsp3) is 0.417. The summed E-state index contributed by atoms with van der Waals surface area (Å²) in [5, 5.41) is 7.13. The number of para-hydroxylation sites is 1. The van der Waals surface area contributed by atoms with Gasteiger partial charge in [-0.3, -0.25) is 4.79 Å². The van der Waals surface area contributed by atoms with Crippen LogP contribution in [-0.4, -0.2) is 62.6 Å². The average Bonchev–Trinajstić information content (AvgIpc) is 2.96. The van der Waals surface area contributed by atoms with Gasteiger partial charge in [0.05, 0.1) is 18.1 Å². The molecule has 0 unspecified atom stereocenters. The third kappa shape index (κ3) is 4.90. The molecular weight excluding hydrogens is 428 g/mol. The summed E-state index contributed by atoms with van der Waals surface area (Å²) in [6.45, 7) is 5.27. The first-order chi connectivity index (χ1) is 15.6. The van der Waals surface area contributed by atoms with E-state index in [4.69, 9.17) is 26.1 Å². The van der Waals surface area contributed by atoms with Crippen molar-refractivity contribution in [2.75, 3.05) is 39.9 Å². The van der Waals surface area contributed by atoms with Crippen molar-refractivity contribution in [3.63, 3.8) is 0 Å². The van der Waals surface area contributed by atoms with Gasteiger partial charge in [-0.15, -0.1) is 0 Å². The van der Waals surface area contributed by atoms with Crippen molar-refractivity contribution in [3.05, 3.63) is 53.1 Å². The molecule has 4 rings (SSSR count). The summed E-state index contributed by atoms with van der Waals surface area (Å²) in [7, 11) is 1.63. The number of amides is 1. The standard InChI is InChI=1S/C24H29ClN4O3/c1-3-17(24(30)27-11-13-31-2)20-15-29(12-10-26-20)23-18-6-4-5-7-21(18)32-22-9-8-16(25)14-19(22)28-23/h4-9,14,17,20,26H,3,10-13,15H2,1-2H3,(H,27,30)/t17-,20-/m1/s1. The Labute approximate surface area is 193 Å². The minimum Gasteiger partial charge on any atom is -0.454 e. The highest BCUT2D eigenvalue weighted by atomic mass is 35.5. The number of benzene rings is 2. The molecule has 7 nitrogen and oxygen atoms in total. The van der Waals surface area contributed by atoms with Crippen molar-refractivity contribution in [1.82, 2.24) is 15.5 Å². The predicted octanol–water partition coefficient (Wildman–Crippen LogP) is 3.59. The van der Waals surface area contributed by atoms with E-state index in [1.807, 2.05) is 43.3 Å². The predicted molar refractivity (Wildman–Crippen MR) is 126 cm³/mol. The number of halogens is 1. The lowest BCUT2D eigenvalue weighted by Crippen LogP contribution is -2.58. The average molecular weight is 457 g/mol. The number of methoxy groups -OCH3 is 1. The number of hydrogen-bond donors (Lipinski definition) is 2. The van der Waals surface area contributed by atoms with Crippen LogP contribution in [0.1, 0.15) is 18.9 Å². The number of fused-ring (bicyclic) bond motifs is 2. The fourth-order valence-electron chi connectivity index (χ4n) is 4.24.